The number of nitrogens with zero attached hydrogens (tertiary/aromatic N) is 2. The topological polar surface area (TPSA) is 76.7 Å². The second-order valence-electron chi connectivity index (χ2n) is 7.28. The molecule has 7 nitrogen and oxygen atoms in total. The second-order valence-corrected chi connectivity index (χ2v) is 7.28. The van der Waals surface area contributed by atoms with Crippen molar-refractivity contribution >= 4 is 30.0 Å². The van der Waals surface area contributed by atoms with E-state index in [4.69, 9.17) is 0 Å². The molecule has 0 aromatic heterocycles. The molecule has 2 heterocycles. The number of carbonyl (C=O) groups is 2. The van der Waals surface area contributed by atoms with Crippen LogP contribution >= 0.6 is 12.4 Å². The summed E-state index contributed by atoms with van der Waals surface area (Å²) in [6, 6.07) is 7.41. The minimum absolute atomic E-state index is 0. The molecule has 0 bridgehead atoms. The van der Waals surface area contributed by atoms with Crippen molar-refractivity contribution in [2.45, 2.75) is 32.4 Å². The van der Waals surface area contributed by atoms with E-state index in [0.29, 0.717) is 17.3 Å². The first-order chi connectivity index (χ1) is 12.5. The molecule has 0 radical (unpaired) electrons. The van der Waals surface area contributed by atoms with E-state index in [0.717, 1.165) is 45.7 Å². The summed E-state index contributed by atoms with van der Waals surface area (Å²) in [6.45, 7) is 9.43. The number of nitrogens with one attached hydrogen (secondary N) is 3. The highest BCUT2D eigenvalue weighted by atomic mass is 35.5. The van der Waals surface area contributed by atoms with Gasteiger partial charge in [-0.05, 0) is 32.4 Å². The van der Waals surface area contributed by atoms with Crippen LogP contribution in [0.5, 0.6) is 0 Å². The van der Waals surface area contributed by atoms with E-state index in [9.17, 15) is 9.59 Å². The van der Waals surface area contributed by atoms with Gasteiger partial charge >= 0.3 is 6.03 Å². The smallest absolute Gasteiger partial charge is 0.319 e. The van der Waals surface area contributed by atoms with Gasteiger partial charge in [-0.3, -0.25) is 9.69 Å². The molecule has 1 aromatic rings. The van der Waals surface area contributed by atoms with Crippen LogP contribution < -0.4 is 16.0 Å². The molecule has 2 aliphatic heterocycles. The summed E-state index contributed by atoms with van der Waals surface area (Å²) in [5.41, 5.74) is 1.11. The van der Waals surface area contributed by atoms with Crippen molar-refractivity contribution in [3.8, 4) is 0 Å². The predicted molar refractivity (Wildman–Crippen MR) is 110 cm³/mol. The van der Waals surface area contributed by atoms with Crippen LogP contribution in [0.4, 0.5) is 10.5 Å². The van der Waals surface area contributed by atoms with Gasteiger partial charge < -0.3 is 20.9 Å². The number of rotatable bonds is 4. The summed E-state index contributed by atoms with van der Waals surface area (Å²) in [6.07, 6.45) is 1.01. The first-order valence-electron chi connectivity index (χ1n) is 9.45. The van der Waals surface area contributed by atoms with Crippen molar-refractivity contribution in [3.63, 3.8) is 0 Å². The molecule has 27 heavy (non-hydrogen) atoms. The van der Waals surface area contributed by atoms with Crippen molar-refractivity contribution in [2.75, 3.05) is 44.6 Å². The maximum Gasteiger partial charge on any atom is 0.319 e. The van der Waals surface area contributed by atoms with Gasteiger partial charge in [0.05, 0.1) is 11.3 Å². The lowest BCUT2D eigenvalue weighted by Gasteiger charge is -2.32. The number of hydrogen-bond acceptors (Lipinski definition) is 4. The maximum atomic E-state index is 13.0. The average Bonchev–Trinajstić information content (AvgIpc) is 3.12. The normalized spacial score (nSPS) is 20.3. The highest BCUT2D eigenvalue weighted by Gasteiger charge is 2.32. The fourth-order valence-corrected chi connectivity index (χ4v) is 3.64. The Hall–Kier alpha value is -1.83. The number of anilines is 1. The number of benzene rings is 1. The first kappa shape index (κ1) is 21.5. The van der Waals surface area contributed by atoms with Gasteiger partial charge in [-0.25, -0.2) is 4.79 Å². The summed E-state index contributed by atoms with van der Waals surface area (Å²) in [5, 5.41) is 8.96. The largest absolute Gasteiger partial charge is 0.337 e. The number of amides is 3. The molecule has 0 spiro atoms. The zero-order chi connectivity index (χ0) is 18.5. The predicted octanol–water partition coefficient (Wildman–Crippen LogP) is 1.76. The Morgan fingerprint density at radius 2 is 1.85 bits per heavy atom. The molecule has 0 saturated carbocycles. The Labute approximate surface area is 167 Å². The average molecular weight is 396 g/mol. The molecule has 1 unspecified atom stereocenters. The molecule has 2 fully saturated rings. The third kappa shape index (κ3) is 5.57. The highest BCUT2D eigenvalue weighted by molar-refractivity contribution is 6.03. The van der Waals surface area contributed by atoms with Crippen molar-refractivity contribution < 1.29 is 9.59 Å². The lowest BCUT2D eigenvalue weighted by molar-refractivity contribution is 0.0774. The van der Waals surface area contributed by atoms with E-state index in [1.54, 1.807) is 12.1 Å². The van der Waals surface area contributed by atoms with Gasteiger partial charge in [0.25, 0.3) is 5.91 Å². The third-order valence-electron chi connectivity index (χ3n) is 4.94. The van der Waals surface area contributed by atoms with Gasteiger partial charge in [-0.15, -0.1) is 12.4 Å². The Kier molecular flexibility index (Phi) is 7.89. The summed E-state index contributed by atoms with van der Waals surface area (Å²) in [4.78, 5) is 29.4. The summed E-state index contributed by atoms with van der Waals surface area (Å²) in [5.74, 6) is -0.0110. The molecule has 3 rings (SSSR count). The van der Waals surface area contributed by atoms with Crippen molar-refractivity contribution in [3.05, 3.63) is 29.8 Å². The maximum absolute atomic E-state index is 13.0. The molecule has 2 saturated heterocycles. The lowest BCUT2D eigenvalue weighted by atomic mass is 10.1. The number of para-hydroxylation sites is 1. The van der Waals surface area contributed by atoms with Crippen LogP contribution in [0.15, 0.2) is 24.3 Å². The van der Waals surface area contributed by atoms with E-state index < -0.39 is 0 Å². The van der Waals surface area contributed by atoms with Gasteiger partial charge in [-0.1, -0.05) is 12.1 Å². The van der Waals surface area contributed by atoms with Gasteiger partial charge in [-0.2, -0.15) is 0 Å². The molecular weight excluding hydrogens is 366 g/mol. The van der Waals surface area contributed by atoms with Gasteiger partial charge in [0.2, 0.25) is 0 Å². The van der Waals surface area contributed by atoms with E-state index in [-0.39, 0.29) is 30.4 Å². The molecule has 1 aromatic carbocycles. The minimum Gasteiger partial charge on any atom is -0.337 e. The van der Waals surface area contributed by atoms with E-state index in [1.165, 1.54) is 0 Å². The Morgan fingerprint density at radius 3 is 2.56 bits per heavy atom. The summed E-state index contributed by atoms with van der Waals surface area (Å²) >= 11 is 0. The van der Waals surface area contributed by atoms with Crippen molar-refractivity contribution in [1.29, 1.82) is 0 Å². The van der Waals surface area contributed by atoms with Gasteiger partial charge in [0, 0.05) is 51.4 Å². The monoisotopic (exact) mass is 395 g/mol. The minimum atomic E-state index is -0.291. The molecule has 8 heteroatoms. The standard InChI is InChI=1S/C19H29N5O2.ClH/c1-14(2)21-19(26)22-17-6-4-3-5-16(17)18(25)24-10-7-15(13-24)23-11-8-20-9-12-23;/h3-6,14-15,20H,7-13H2,1-2H3,(H2,21,22,26);1H. The zero-order valence-corrected chi connectivity index (χ0v) is 16.8. The van der Waals surface area contributed by atoms with Crippen LogP contribution in [0.1, 0.15) is 30.6 Å². The number of carbonyl (C=O) groups excluding carboxylic acids is 2. The Bertz CT molecular complexity index is 649. The van der Waals surface area contributed by atoms with Gasteiger partial charge in [0.1, 0.15) is 0 Å². The number of urea groups is 1. The van der Waals surface area contributed by atoms with Crippen LogP contribution in [-0.4, -0.2) is 73.1 Å². The molecule has 3 amide bonds. The first-order valence-corrected chi connectivity index (χ1v) is 9.45. The van der Waals surface area contributed by atoms with Crippen LogP contribution in [-0.2, 0) is 0 Å². The molecular formula is C19H30ClN5O2. The van der Waals surface area contributed by atoms with E-state index in [2.05, 4.69) is 20.9 Å². The SMILES string of the molecule is CC(C)NC(=O)Nc1ccccc1C(=O)N1CCC(N2CCNCC2)C1.Cl. The third-order valence-corrected chi connectivity index (χ3v) is 4.94. The molecule has 3 N–H and O–H groups in total. The number of halogens is 1. The van der Waals surface area contributed by atoms with Crippen LogP contribution in [0.3, 0.4) is 0 Å². The Balaban J connectivity index is 0.00000261. The zero-order valence-electron chi connectivity index (χ0n) is 16.0. The molecule has 0 aliphatic carbocycles. The number of hydrogen-bond donors (Lipinski definition) is 3. The van der Waals surface area contributed by atoms with Crippen LogP contribution in [0.25, 0.3) is 0 Å². The summed E-state index contributed by atoms with van der Waals surface area (Å²) in [7, 11) is 0. The second kappa shape index (κ2) is 9.92. The fraction of sp³-hybridized carbons (Fsp3) is 0.579. The van der Waals surface area contributed by atoms with E-state index in [1.807, 2.05) is 30.9 Å². The molecule has 1 atom stereocenters. The van der Waals surface area contributed by atoms with Gasteiger partial charge in [0.15, 0.2) is 0 Å². The molecule has 2 aliphatic rings. The van der Waals surface area contributed by atoms with Crippen molar-refractivity contribution in [2.24, 2.45) is 0 Å². The molecule has 150 valence electrons. The van der Waals surface area contributed by atoms with Crippen LogP contribution in [0.2, 0.25) is 0 Å². The number of piperazine rings is 1. The highest BCUT2D eigenvalue weighted by Crippen LogP contribution is 2.22. The summed E-state index contributed by atoms with van der Waals surface area (Å²) < 4.78 is 0. The number of likely N-dealkylation sites (tertiary alicyclic amines) is 1. The lowest BCUT2D eigenvalue weighted by Crippen LogP contribution is -2.49. The van der Waals surface area contributed by atoms with Crippen LogP contribution in [0, 0.1) is 0 Å². The fourth-order valence-electron chi connectivity index (χ4n) is 3.64. The van der Waals surface area contributed by atoms with Crippen molar-refractivity contribution in [1.82, 2.24) is 20.4 Å². The van der Waals surface area contributed by atoms with E-state index >= 15 is 0 Å². The quantitative estimate of drug-likeness (QED) is 0.726. The Morgan fingerprint density at radius 1 is 1.15 bits per heavy atom.